The number of aryl methyl sites for hydroxylation is 1. The second-order valence-corrected chi connectivity index (χ2v) is 12.3. The highest BCUT2D eigenvalue weighted by Gasteiger charge is 2.18. The molecule has 5 rings (SSSR count). The second-order valence-electron chi connectivity index (χ2n) is 10.3. The first-order valence-corrected chi connectivity index (χ1v) is 14.4. The largest absolute Gasteiger partial charge is 0.369 e. The van der Waals surface area contributed by atoms with Gasteiger partial charge in [-0.05, 0) is 54.8 Å². The number of aromatic nitrogens is 2. The van der Waals surface area contributed by atoms with E-state index in [1.165, 1.54) is 18.5 Å². The first-order chi connectivity index (χ1) is 17.2. The van der Waals surface area contributed by atoms with Crippen molar-refractivity contribution in [3.63, 3.8) is 0 Å². The lowest BCUT2D eigenvalue weighted by Gasteiger charge is -2.36. The van der Waals surface area contributed by atoms with Crippen LogP contribution in [0.15, 0.2) is 65.6 Å². The third-order valence-electron chi connectivity index (χ3n) is 6.90. The van der Waals surface area contributed by atoms with Gasteiger partial charge in [0.1, 0.15) is 0 Å². The molecule has 1 aliphatic rings. The maximum absolute atomic E-state index is 12.0. The highest BCUT2D eigenvalue weighted by molar-refractivity contribution is 7.90. The number of anilines is 1. The van der Waals surface area contributed by atoms with Crippen molar-refractivity contribution in [1.29, 1.82) is 0 Å². The van der Waals surface area contributed by atoms with Gasteiger partial charge in [0, 0.05) is 72.5 Å². The zero-order valence-corrected chi connectivity index (χ0v) is 22.3. The number of hydrogen-bond acceptors (Lipinski definition) is 5. The molecule has 4 aromatic rings. The summed E-state index contributed by atoms with van der Waals surface area (Å²) in [6.45, 7) is 12.1. The van der Waals surface area contributed by atoms with E-state index in [2.05, 4.69) is 59.0 Å². The van der Waals surface area contributed by atoms with E-state index in [1.54, 1.807) is 18.2 Å². The smallest absolute Gasteiger partial charge is 0.175 e. The van der Waals surface area contributed by atoms with Crippen LogP contribution in [0.3, 0.4) is 0 Å². The van der Waals surface area contributed by atoms with Gasteiger partial charge in [0.05, 0.1) is 10.6 Å². The van der Waals surface area contributed by atoms with E-state index in [9.17, 15) is 8.42 Å². The van der Waals surface area contributed by atoms with E-state index in [0.29, 0.717) is 10.8 Å². The molecule has 0 saturated carbocycles. The van der Waals surface area contributed by atoms with Gasteiger partial charge in [-0.3, -0.25) is 9.88 Å². The minimum Gasteiger partial charge on any atom is -0.369 e. The number of piperazine rings is 1. The second kappa shape index (κ2) is 9.71. The zero-order chi connectivity index (χ0) is 25.4. The predicted octanol–water partition coefficient (Wildman–Crippen LogP) is 5.39. The molecule has 7 heteroatoms. The standard InChI is InChI=1S/C29H34N4O2S/c1-20(2)19-32-12-14-33(15-13-32)24-10-8-22(9-11-24)28-18-29-26(21(3)30-28)17-27(31-29)23-6-5-7-25(16-23)36(4,34)35/h5-11,16-18,20,31H,12-15,19H2,1-4H3. The number of sulfone groups is 1. The summed E-state index contributed by atoms with van der Waals surface area (Å²) in [6.07, 6.45) is 1.23. The molecular formula is C29H34N4O2S. The van der Waals surface area contributed by atoms with Gasteiger partial charge >= 0.3 is 0 Å². The number of hydrogen-bond donors (Lipinski definition) is 1. The highest BCUT2D eigenvalue weighted by Crippen LogP contribution is 2.31. The van der Waals surface area contributed by atoms with Crippen molar-refractivity contribution in [2.45, 2.75) is 25.7 Å². The molecule has 0 unspecified atom stereocenters. The molecule has 2 aromatic heterocycles. The molecule has 1 N–H and O–H groups in total. The van der Waals surface area contributed by atoms with Crippen molar-refractivity contribution in [3.8, 4) is 22.5 Å². The minimum atomic E-state index is -3.27. The predicted molar refractivity (Wildman–Crippen MR) is 148 cm³/mol. The van der Waals surface area contributed by atoms with Crippen LogP contribution in [0, 0.1) is 12.8 Å². The van der Waals surface area contributed by atoms with Gasteiger partial charge in [0.2, 0.25) is 0 Å². The van der Waals surface area contributed by atoms with E-state index in [0.717, 1.165) is 65.3 Å². The molecule has 2 aromatic carbocycles. The van der Waals surface area contributed by atoms with Gasteiger partial charge in [-0.15, -0.1) is 0 Å². The van der Waals surface area contributed by atoms with Crippen LogP contribution in [0.2, 0.25) is 0 Å². The Balaban J connectivity index is 1.38. The number of H-pyrrole nitrogens is 1. The summed E-state index contributed by atoms with van der Waals surface area (Å²) in [5, 5.41) is 1.04. The number of fused-ring (bicyclic) bond motifs is 1. The molecule has 0 spiro atoms. The van der Waals surface area contributed by atoms with Crippen molar-refractivity contribution in [1.82, 2.24) is 14.9 Å². The van der Waals surface area contributed by atoms with E-state index in [1.807, 2.05) is 19.1 Å². The molecule has 0 aliphatic carbocycles. The van der Waals surface area contributed by atoms with Crippen LogP contribution in [0.5, 0.6) is 0 Å². The Bertz CT molecular complexity index is 1480. The Labute approximate surface area is 213 Å². The fraction of sp³-hybridized carbons (Fsp3) is 0.345. The van der Waals surface area contributed by atoms with Crippen LogP contribution in [0.1, 0.15) is 19.5 Å². The molecule has 1 aliphatic heterocycles. The van der Waals surface area contributed by atoms with Crippen molar-refractivity contribution in [2.24, 2.45) is 5.92 Å². The number of pyridine rings is 1. The SMILES string of the molecule is Cc1nc(-c2ccc(N3CCN(CC(C)C)CC3)cc2)cc2[nH]c(-c3cccc(S(C)(=O)=O)c3)cc12. The van der Waals surface area contributed by atoms with E-state index < -0.39 is 9.84 Å². The molecular weight excluding hydrogens is 468 g/mol. The third-order valence-corrected chi connectivity index (χ3v) is 8.01. The lowest BCUT2D eigenvalue weighted by atomic mass is 10.1. The van der Waals surface area contributed by atoms with Gasteiger partial charge in [0.15, 0.2) is 9.84 Å². The molecule has 0 atom stereocenters. The van der Waals surface area contributed by atoms with Gasteiger partial charge in [0.25, 0.3) is 0 Å². The summed E-state index contributed by atoms with van der Waals surface area (Å²) >= 11 is 0. The number of nitrogens with one attached hydrogen (secondary N) is 1. The molecule has 0 bridgehead atoms. The van der Waals surface area contributed by atoms with Crippen LogP contribution in [0.25, 0.3) is 33.4 Å². The summed E-state index contributed by atoms with van der Waals surface area (Å²) in [4.78, 5) is 13.7. The Hall–Kier alpha value is -3.16. The molecule has 0 amide bonds. The minimum absolute atomic E-state index is 0.315. The lowest BCUT2D eigenvalue weighted by Crippen LogP contribution is -2.47. The Morgan fingerprint density at radius 3 is 2.33 bits per heavy atom. The fourth-order valence-electron chi connectivity index (χ4n) is 5.04. The first kappa shape index (κ1) is 24.5. The third kappa shape index (κ3) is 5.18. The van der Waals surface area contributed by atoms with E-state index in [4.69, 9.17) is 4.98 Å². The van der Waals surface area contributed by atoms with Crippen LogP contribution >= 0.6 is 0 Å². The van der Waals surface area contributed by atoms with Crippen LogP contribution < -0.4 is 4.90 Å². The molecule has 188 valence electrons. The average molecular weight is 503 g/mol. The van der Waals surface area contributed by atoms with Crippen molar-refractivity contribution >= 4 is 26.4 Å². The van der Waals surface area contributed by atoms with E-state index >= 15 is 0 Å². The van der Waals surface area contributed by atoms with E-state index in [-0.39, 0.29) is 0 Å². The number of aromatic amines is 1. The van der Waals surface area contributed by atoms with Gasteiger partial charge in [-0.25, -0.2) is 8.42 Å². The zero-order valence-electron chi connectivity index (χ0n) is 21.5. The molecule has 6 nitrogen and oxygen atoms in total. The monoisotopic (exact) mass is 502 g/mol. The summed E-state index contributed by atoms with van der Waals surface area (Å²) in [6, 6.07) is 19.9. The summed E-state index contributed by atoms with van der Waals surface area (Å²) in [5.41, 5.74) is 6.91. The Morgan fingerprint density at radius 1 is 0.944 bits per heavy atom. The average Bonchev–Trinajstić information content (AvgIpc) is 3.29. The molecule has 1 saturated heterocycles. The summed E-state index contributed by atoms with van der Waals surface area (Å²) in [5.74, 6) is 0.706. The Morgan fingerprint density at radius 2 is 1.67 bits per heavy atom. The Kier molecular flexibility index (Phi) is 6.62. The summed E-state index contributed by atoms with van der Waals surface area (Å²) in [7, 11) is -3.27. The molecule has 36 heavy (non-hydrogen) atoms. The van der Waals surface area contributed by atoms with Gasteiger partial charge in [-0.1, -0.05) is 38.1 Å². The fourth-order valence-corrected chi connectivity index (χ4v) is 5.71. The molecule has 3 heterocycles. The van der Waals surface area contributed by atoms with Crippen LogP contribution in [-0.2, 0) is 9.84 Å². The maximum atomic E-state index is 12.0. The molecule has 0 radical (unpaired) electrons. The van der Waals surface area contributed by atoms with Crippen LogP contribution in [0.4, 0.5) is 5.69 Å². The number of nitrogens with zero attached hydrogens (tertiary/aromatic N) is 3. The van der Waals surface area contributed by atoms with Gasteiger partial charge in [-0.2, -0.15) is 0 Å². The summed E-state index contributed by atoms with van der Waals surface area (Å²) < 4.78 is 24.0. The van der Waals surface area contributed by atoms with Gasteiger partial charge < -0.3 is 9.88 Å². The van der Waals surface area contributed by atoms with Crippen LogP contribution in [-0.4, -0.2) is 62.3 Å². The van der Waals surface area contributed by atoms with Crippen molar-refractivity contribution in [3.05, 3.63) is 66.4 Å². The lowest BCUT2D eigenvalue weighted by molar-refractivity contribution is 0.231. The van der Waals surface area contributed by atoms with Crippen molar-refractivity contribution in [2.75, 3.05) is 43.9 Å². The number of benzene rings is 2. The molecule has 1 fully saturated rings. The van der Waals surface area contributed by atoms with Crippen molar-refractivity contribution < 1.29 is 8.42 Å². The normalized spacial score (nSPS) is 15.2. The quantitative estimate of drug-likeness (QED) is 0.383. The maximum Gasteiger partial charge on any atom is 0.175 e. The highest BCUT2D eigenvalue weighted by atomic mass is 32.2. The first-order valence-electron chi connectivity index (χ1n) is 12.6. The number of rotatable bonds is 6. The topological polar surface area (TPSA) is 69.3 Å².